The molecule has 4 nitrogen and oxygen atoms in total. The van der Waals surface area contributed by atoms with Crippen molar-refractivity contribution in [1.29, 1.82) is 0 Å². The summed E-state index contributed by atoms with van der Waals surface area (Å²) in [6.45, 7) is 12.0. The minimum Gasteiger partial charge on any atom is -0.442 e. The first-order valence-corrected chi connectivity index (χ1v) is 11.7. The molecule has 1 N–H and O–H groups in total. The molecule has 0 radical (unpaired) electrons. The van der Waals surface area contributed by atoms with Crippen LogP contribution in [0.3, 0.4) is 0 Å². The lowest BCUT2D eigenvalue weighted by Gasteiger charge is -2.24. The van der Waals surface area contributed by atoms with Crippen LogP contribution in [0, 0.1) is 0 Å². The van der Waals surface area contributed by atoms with E-state index in [1.165, 1.54) is 0 Å². The average Bonchev–Trinajstić information content (AvgIpc) is 2.42. The van der Waals surface area contributed by atoms with Crippen LogP contribution >= 0.6 is 0 Å². The fraction of sp³-hybridized carbons (Fsp3) is 0.421. The Bertz CT molecular complexity index is 595. The third kappa shape index (κ3) is 8.69. The lowest BCUT2D eigenvalue weighted by atomic mass is 10.2. The van der Waals surface area contributed by atoms with Crippen molar-refractivity contribution in [2.24, 2.45) is 0 Å². The van der Waals surface area contributed by atoms with Crippen molar-refractivity contribution in [2.45, 2.75) is 46.0 Å². The smallest absolute Gasteiger partial charge is 0.434 e. The Morgan fingerprint density at radius 2 is 1.79 bits per heavy atom. The summed E-state index contributed by atoms with van der Waals surface area (Å²) in [5.41, 5.74) is 3.49. The highest BCUT2D eigenvalue weighted by Crippen LogP contribution is 2.14. The number of nitrogens with zero attached hydrogens (tertiary/aromatic N) is 1. The molecule has 0 aliphatic heterocycles. The summed E-state index contributed by atoms with van der Waals surface area (Å²) in [4.78, 5) is 11.9. The topological polar surface area (TPSA) is 49.8 Å². The third-order valence-corrected chi connectivity index (χ3v) is 4.08. The summed E-state index contributed by atoms with van der Waals surface area (Å²) < 4.78 is 5.19. The maximum Gasteiger partial charge on any atom is 0.434 e. The van der Waals surface area contributed by atoms with Crippen LogP contribution in [-0.2, 0) is 4.74 Å². The van der Waals surface area contributed by atoms with Gasteiger partial charge in [-0.1, -0.05) is 67.8 Å². The zero-order chi connectivity index (χ0) is 18.4. The molecular weight excluding hydrogens is 318 g/mol. The average molecular weight is 348 g/mol. The molecule has 132 valence electrons. The van der Waals surface area contributed by atoms with Gasteiger partial charge < -0.3 is 4.74 Å². The van der Waals surface area contributed by atoms with E-state index in [9.17, 15) is 10.0 Å². The van der Waals surface area contributed by atoms with Crippen molar-refractivity contribution in [3.63, 3.8) is 0 Å². The predicted octanol–water partition coefficient (Wildman–Crippen LogP) is 5.13. The van der Waals surface area contributed by atoms with Gasteiger partial charge in [0.1, 0.15) is 5.60 Å². The number of amides is 1. The van der Waals surface area contributed by atoms with E-state index in [-0.39, 0.29) is 6.54 Å². The minimum atomic E-state index is -1.51. The Balaban J connectivity index is 2.90. The zero-order valence-corrected chi connectivity index (χ0v) is 16.5. The molecule has 1 amide bonds. The number of hydroxylamine groups is 2. The van der Waals surface area contributed by atoms with E-state index in [0.717, 1.165) is 11.1 Å². The van der Waals surface area contributed by atoms with E-state index in [1.807, 2.05) is 42.5 Å². The lowest BCUT2D eigenvalue weighted by Crippen LogP contribution is -2.36. The van der Waals surface area contributed by atoms with Crippen molar-refractivity contribution in [3.8, 4) is 0 Å². The zero-order valence-electron chi connectivity index (χ0n) is 15.5. The number of carbonyl (C=O) groups excluding carboxylic acids is 1. The van der Waals surface area contributed by atoms with Crippen LogP contribution in [0.25, 0.3) is 6.08 Å². The van der Waals surface area contributed by atoms with Crippen LogP contribution in [0.4, 0.5) is 4.79 Å². The first-order chi connectivity index (χ1) is 11.0. The number of rotatable bonds is 5. The van der Waals surface area contributed by atoms with E-state index in [4.69, 9.17) is 4.74 Å². The van der Waals surface area contributed by atoms with Crippen LogP contribution in [0.2, 0.25) is 19.6 Å². The van der Waals surface area contributed by atoms with Crippen molar-refractivity contribution in [3.05, 3.63) is 53.2 Å². The number of carbonyl (C=O) groups is 1. The highest BCUT2D eigenvalue weighted by atomic mass is 28.3. The monoisotopic (exact) mass is 347 g/mol. The molecule has 0 saturated carbocycles. The quantitative estimate of drug-likeness (QED) is 0.348. The molecular formula is C19H29NO3Si. The number of ether oxygens (including phenoxy) is 1. The van der Waals surface area contributed by atoms with Gasteiger partial charge in [-0.15, -0.1) is 0 Å². The summed E-state index contributed by atoms with van der Waals surface area (Å²) in [5.74, 6) is 0. The molecule has 0 aliphatic rings. The molecule has 0 unspecified atom stereocenters. The van der Waals surface area contributed by atoms with Gasteiger partial charge in [0.2, 0.25) is 0 Å². The van der Waals surface area contributed by atoms with Gasteiger partial charge in [0.15, 0.2) is 0 Å². The molecule has 0 atom stereocenters. The van der Waals surface area contributed by atoms with Gasteiger partial charge in [-0.05, 0) is 31.9 Å². The Kier molecular flexibility index (Phi) is 6.99. The normalized spacial score (nSPS) is 13.2. The third-order valence-electron chi connectivity index (χ3n) is 2.84. The standard InChI is InChI=1S/C19H29NO3Si/c1-19(2,3)23-18(21)20(22)14-17(15-24(4,5)6)13-12-16-10-8-7-9-11-16/h7-13,15,22H,14H2,1-6H3/b13-12+,17-15-. The van der Waals surface area contributed by atoms with Crippen molar-refractivity contribution in [2.75, 3.05) is 6.54 Å². The predicted molar refractivity (Wildman–Crippen MR) is 102 cm³/mol. The minimum absolute atomic E-state index is 0.0997. The van der Waals surface area contributed by atoms with Crippen molar-refractivity contribution >= 4 is 20.2 Å². The van der Waals surface area contributed by atoms with Crippen LogP contribution in [-0.4, -0.2) is 36.6 Å². The number of benzene rings is 1. The summed E-state index contributed by atoms with van der Waals surface area (Å²) >= 11 is 0. The molecule has 1 aromatic carbocycles. The second-order valence-electron chi connectivity index (χ2n) is 7.87. The second-order valence-corrected chi connectivity index (χ2v) is 12.9. The van der Waals surface area contributed by atoms with Gasteiger partial charge in [-0.2, -0.15) is 5.06 Å². The summed E-state index contributed by atoms with van der Waals surface area (Å²) in [7, 11) is -1.51. The van der Waals surface area contributed by atoms with Crippen LogP contribution in [0.15, 0.2) is 47.7 Å². The van der Waals surface area contributed by atoms with Crippen LogP contribution in [0.1, 0.15) is 26.3 Å². The summed E-state index contributed by atoms with van der Waals surface area (Å²) in [5, 5.41) is 10.7. The maximum atomic E-state index is 11.9. The van der Waals surface area contributed by atoms with E-state index >= 15 is 0 Å². The molecule has 0 heterocycles. The Labute approximate surface area is 146 Å². The first-order valence-electron chi connectivity index (χ1n) is 8.10. The van der Waals surface area contributed by atoms with Gasteiger partial charge in [0.25, 0.3) is 0 Å². The Morgan fingerprint density at radius 3 is 2.29 bits per heavy atom. The molecule has 24 heavy (non-hydrogen) atoms. The lowest BCUT2D eigenvalue weighted by molar-refractivity contribution is -0.0876. The van der Waals surface area contributed by atoms with E-state index in [0.29, 0.717) is 5.06 Å². The number of hydrogen-bond donors (Lipinski definition) is 1. The Hall–Kier alpha value is -1.85. The van der Waals surface area contributed by atoms with Gasteiger partial charge in [-0.3, -0.25) is 5.21 Å². The highest BCUT2D eigenvalue weighted by molar-refractivity contribution is 6.81. The SMILES string of the molecule is CC(C)(C)OC(=O)N(O)CC(=C\[Si](C)(C)C)/C=C/c1ccccc1. The van der Waals surface area contributed by atoms with E-state index in [2.05, 4.69) is 25.3 Å². The van der Waals surface area contributed by atoms with Gasteiger partial charge >= 0.3 is 6.09 Å². The molecule has 0 bridgehead atoms. The Morgan fingerprint density at radius 1 is 1.21 bits per heavy atom. The second kappa shape index (κ2) is 8.31. The van der Waals surface area contributed by atoms with Gasteiger partial charge in [0, 0.05) is 0 Å². The van der Waals surface area contributed by atoms with Gasteiger partial charge in [0.05, 0.1) is 14.6 Å². The molecule has 1 rings (SSSR count). The molecule has 0 aromatic heterocycles. The first kappa shape index (κ1) is 20.2. The summed E-state index contributed by atoms with van der Waals surface area (Å²) in [6, 6.07) is 9.93. The van der Waals surface area contributed by atoms with Crippen LogP contribution in [0.5, 0.6) is 0 Å². The molecule has 0 spiro atoms. The highest BCUT2D eigenvalue weighted by Gasteiger charge is 2.22. The van der Waals surface area contributed by atoms with Crippen LogP contribution < -0.4 is 0 Å². The fourth-order valence-electron chi connectivity index (χ4n) is 2.02. The molecule has 0 fully saturated rings. The maximum absolute atomic E-state index is 11.9. The van der Waals surface area contributed by atoms with Crippen molar-refractivity contribution in [1.82, 2.24) is 5.06 Å². The molecule has 5 heteroatoms. The molecule has 1 aromatic rings. The molecule has 0 saturated heterocycles. The van der Waals surface area contributed by atoms with Gasteiger partial charge in [-0.25, -0.2) is 4.79 Å². The largest absolute Gasteiger partial charge is 0.442 e. The van der Waals surface area contributed by atoms with Crippen molar-refractivity contribution < 1.29 is 14.7 Å². The van der Waals surface area contributed by atoms with E-state index in [1.54, 1.807) is 20.8 Å². The molecule has 0 aliphatic carbocycles. The van der Waals surface area contributed by atoms with E-state index < -0.39 is 19.8 Å². The summed E-state index contributed by atoms with van der Waals surface area (Å²) in [6.07, 6.45) is 3.19. The number of hydrogen-bond acceptors (Lipinski definition) is 3. The fourth-order valence-corrected chi connectivity index (χ4v) is 3.32.